The second-order valence-electron chi connectivity index (χ2n) is 6.78. The van der Waals surface area contributed by atoms with E-state index in [-0.39, 0.29) is 0 Å². The highest BCUT2D eigenvalue weighted by Gasteiger charge is 2.08. The van der Waals surface area contributed by atoms with Gasteiger partial charge in [-0.2, -0.15) is 0 Å². The molecule has 0 bridgehead atoms. The van der Waals surface area contributed by atoms with Gasteiger partial charge in [-0.15, -0.1) is 0 Å². The minimum atomic E-state index is 0.762. The van der Waals surface area contributed by atoms with Gasteiger partial charge in [-0.05, 0) is 62.0 Å². The van der Waals surface area contributed by atoms with Crippen molar-refractivity contribution < 1.29 is 0 Å². The normalized spacial score (nSPS) is 11.1. The lowest BCUT2D eigenvalue weighted by Gasteiger charge is -2.12. The Morgan fingerprint density at radius 2 is 0.963 bits per heavy atom. The van der Waals surface area contributed by atoms with Gasteiger partial charge in [0.1, 0.15) is 0 Å². The molecule has 0 aliphatic rings. The first-order chi connectivity index (χ1) is 13.3. The van der Waals surface area contributed by atoms with E-state index in [9.17, 15) is 0 Å². The van der Waals surface area contributed by atoms with E-state index in [0.29, 0.717) is 0 Å². The van der Waals surface area contributed by atoms with Gasteiger partial charge in [0.15, 0.2) is 0 Å². The lowest BCUT2D eigenvalue weighted by atomic mass is 9.92. The summed E-state index contributed by atoms with van der Waals surface area (Å²) in [5.41, 5.74) is 4.87. The Labute approximate surface area is 163 Å². The summed E-state index contributed by atoms with van der Waals surface area (Å²) in [5.74, 6) is 0. The molecule has 0 amide bonds. The van der Waals surface area contributed by atoms with Gasteiger partial charge in [0.05, 0.1) is 0 Å². The predicted molar refractivity (Wildman–Crippen MR) is 117 cm³/mol. The molecule has 0 fully saturated rings. The van der Waals surface area contributed by atoms with Gasteiger partial charge >= 0.3 is 0 Å². The van der Waals surface area contributed by atoms with E-state index in [2.05, 4.69) is 91.0 Å². The SMILES string of the molecule is Clc1ccc(-c2ccc(-c3cc4ccccc4c4ccccc34)cc2)cc1. The van der Waals surface area contributed by atoms with E-state index in [1.807, 2.05) is 12.1 Å². The van der Waals surface area contributed by atoms with Crippen molar-refractivity contribution in [2.45, 2.75) is 0 Å². The average molecular weight is 365 g/mol. The highest BCUT2D eigenvalue weighted by atomic mass is 35.5. The fourth-order valence-electron chi connectivity index (χ4n) is 3.78. The summed E-state index contributed by atoms with van der Waals surface area (Å²) in [7, 11) is 0. The molecule has 0 spiro atoms. The minimum absolute atomic E-state index is 0.762. The van der Waals surface area contributed by atoms with Crippen LogP contribution in [0.3, 0.4) is 0 Å². The minimum Gasteiger partial charge on any atom is -0.0843 e. The number of hydrogen-bond acceptors (Lipinski definition) is 0. The van der Waals surface area contributed by atoms with Crippen molar-refractivity contribution in [3.05, 3.63) is 108 Å². The Kier molecular flexibility index (Phi) is 3.92. The molecule has 1 heteroatoms. The monoisotopic (exact) mass is 364 g/mol. The first-order valence-electron chi connectivity index (χ1n) is 9.06. The topological polar surface area (TPSA) is 0 Å². The van der Waals surface area contributed by atoms with Crippen molar-refractivity contribution in [1.29, 1.82) is 0 Å². The third-order valence-corrected chi connectivity index (χ3v) is 5.39. The van der Waals surface area contributed by atoms with E-state index in [0.717, 1.165) is 5.02 Å². The molecule has 0 aliphatic heterocycles. The predicted octanol–water partition coefficient (Wildman–Crippen LogP) is 7.98. The Morgan fingerprint density at radius 1 is 0.444 bits per heavy atom. The molecule has 5 aromatic carbocycles. The van der Waals surface area contributed by atoms with Crippen LogP contribution in [0.1, 0.15) is 0 Å². The lowest BCUT2D eigenvalue weighted by Crippen LogP contribution is -1.85. The zero-order valence-electron chi connectivity index (χ0n) is 14.7. The van der Waals surface area contributed by atoms with Gasteiger partial charge in [-0.1, -0.05) is 96.5 Å². The van der Waals surface area contributed by atoms with Crippen molar-refractivity contribution in [3.63, 3.8) is 0 Å². The van der Waals surface area contributed by atoms with E-state index in [1.54, 1.807) is 0 Å². The van der Waals surface area contributed by atoms with Gasteiger partial charge in [0.2, 0.25) is 0 Å². The van der Waals surface area contributed by atoms with Gasteiger partial charge in [-0.25, -0.2) is 0 Å². The molecule has 0 saturated heterocycles. The average Bonchev–Trinajstić information content (AvgIpc) is 2.74. The van der Waals surface area contributed by atoms with Crippen molar-refractivity contribution in [2.75, 3.05) is 0 Å². The first-order valence-corrected chi connectivity index (χ1v) is 9.44. The summed E-state index contributed by atoms with van der Waals surface area (Å²) in [6.07, 6.45) is 0. The second-order valence-corrected chi connectivity index (χ2v) is 7.21. The highest BCUT2D eigenvalue weighted by molar-refractivity contribution is 6.30. The van der Waals surface area contributed by atoms with Crippen molar-refractivity contribution in [1.82, 2.24) is 0 Å². The van der Waals surface area contributed by atoms with Crippen LogP contribution in [0.25, 0.3) is 43.8 Å². The van der Waals surface area contributed by atoms with Crippen LogP contribution in [0.5, 0.6) is 0 Å². The number of fused-ring (bicyclic) bond motifs is 3. The Bertz CT molecular complexity index is 1250. The number of rotatable bonds is 2. The first kappa shape index (κ1) is 16.1. The largest absolute Gasteiger partial charge is 0.0843 e. The fourth-order valence-corrected chi connectivity index (χ4v) is 3.90. The van der Waals surface area contributed by atoms with Gasteiger partial charge < -0.3 is 0 Å². The van der Waals surface area contributed by atoms with Crippen molar-refractivity contribution >= 4 is 33.1 Å². The highest BCUT2D eigenvalue weighted by Crippen LogP contribution is 2.35. The number of halogens is 1. The standard InChI is InChI=1S/C26H17Cl/c27-22-15-13-19(14-16-22)18-9-11-20(12-10-18)26-17-21-5-1-2-6-23(21)24-7-3-4-8-25(24)26/h1-17H. The Morgan fingerprint density at radius 3 is 1.67 bits per heavy atom. The van der Waals surface area contributed by atoms with Gasteiger partial charge in [0, 0.05) is 5.02 Å². The van der Waals surface area contributed by atoms with Gasteiger partial charge in [-0.3, -0.25) is 0 Å². The summed E-state index contributed by atoms with van der Waals surface area (Å²) in [4.78, 5) is 0. The Balaban J connectivity index is 1.67. The van der Waals surface area contributed by atoms with Crippen LogP contribution in [0, 0.1) is 0 Å². The van der Waals surface area contributed by atoms with E-state index in [1.165, 1.54) is 43.8 Å². The molecule has 0 atom stereocenters. The molecule has 5 rings (SSSR count). The van der Waals surface area contributed by atoms with Crippen LogP contribution < -0.4 is 0 Å². The third kappa shape index (κ3) is 2.89. The summed E-state index contributed by atoms with van der Waals surface area (Å²) >= 11 is 6.01. The molecule has 0 aromatic heterocycles. The molecule has 0 N–H and O–H groups in total. The van der Waals surface area contributed by atoms with Crippen LogP contribution in [0.2, 0.25) is 5.02 Å². The molecular weight excluding hydrogens is 348 g/mol. The molecule has 0 saturated carbocycles. The summed E-state index contributed by atoms with van der Waals surface area (Å²) < 4.78 is 0. The van der Waals surface area contributed by atoms with E-state index in [4.69, 9.17) is 11.6 Å². The quantitative estimate of drug-likeness (QED) is 0.278. The molecule has 0 aliphatic carbocycles. The van der Waals surface area contributed by atoms with Crippen molar-refractivity contribution in [2.24, 2.45) is 0 Å². The molecule has 0 unspecified atom stereocenters. The lowest BCUT2D eigenvalue weighted by molar-refractivity contribution is 1.61. The van der Waals surface area contributed by atoms with Gasteiger partial charge in [0.25, 0.3) is 0 Å². The fraction of sp³-hybridized carbons (Fsp3) is 0. The van der Waals surface area contributed by atoms with Crippen LogP contribution in [0.15, 0.2) is 103 Å². The van der Waals surface area contributed by atoms with E-state index >= 15 is 0 Å². The van der Waals surface area contributed by atoms with Crippen LogP contribution in [-0.4, -0.2) is 0 Å². The molecular formula is C26H17Cl. The smallest absolute Gasteiger partial charge is 0.0406 e. The summed E-state index contributed by atoms with van der Waals surface area (Å²) in [5, 5.41) is 5.92. The summed E-state index contributed by atoms with van der Waals surface area (Å²) in [6, 6.07) is 36.3. The molecule has 5 aromatic rings. The maximum atomic E-state index is 6.01. The number of benzene rings is 5. The zero-order valence-corrected chi connectivity index (χ0v) is 15.4. The van der Waals surface area contributed by atoms with Crippen LogP contribution >= 0.6 is 11.6 Å². The maximum absolute atomic E-state index is 6.01. The Hall–Kier alpha value is -3.09. The van der Waals surface area contributed by atoms with E-state index < -0.39 is 0 Å². The van der Waals surface area contributed by atoms with Crippen LogP contribution in [0.4, 0.5) is 0 Å². The zero-order chi connectivity index (χ0) is 18.2. The molecule has 0 heterocycles. The third-order valence-electron chi connectivity index (χ3n) is 5.14. The molecule has 128 valence electrons. The number of hydrogen-bond donors (Lipinski definition) is 0. The molecule has 27 heavy (non-hydrogen) atoms. The summed E-state index contributed by atoms with van der Waals surface area (Å²) in [6.45, 7) is 0. The molecule has 0 nitrogen and oxygen atoms in total. The second kappa shape index (κ2) is 6.57. The molecule has 0 radical (unpaired) electrons. The van der Waals surface area contributed by atoms with Crippen molar-refractivity contribution in [3.8, 4) is 22.3 Å². The van der Waals surface area contributed by atoms with Crippen LogP contribution in [-0.2, 0) is 0 Å². The maximum Gasteiger partial charge on any atom is 0.0406 e.